The molecule has 0 heterocycles. The van der Waals surface area contributed by atoms with Gasteiger partial charge in [0.1, 0.15) is 17.1 Å². The summed E-state index contributed by atoms with van der Waals surface area (Å²) in [4.78, 5) is 24.3. The van der Waals surface area contributed by atoms with Gasteiger partial charge in [-0.2, -0.15) is 0 Å². The summed E-state index contributed by atoms with van der Waals surface area (Å²) in [5, 5.41) is 6.68. The van der Waals surface area contributed by atoms with E-state index in [0.717, 1.165) is 16.7 Å². The average Bonchev–Trinajstić information content (AvgIpc) is 2.84. The molecular formula is C29H29FN2O3. The maximum atomic E-state index is 13.8. The van der Waals surface area contributed by atoms with Gasteiger partial charge in [0.15, 0.2) is 5.75 Å². The number of hydrogen-bond donors (Lipinski definition) is 2. The van der Waals surface area contributed by atoms with Gasteiger partial charge in [-0.15, -0.1) is 0 Å². The quantitative estimate of drug-likeness (QED) is 0.318. The molecule has 6 heteroatoms. The summed E-state index contributed by atoms with van der Waals surface area (Å²) in [6.07, 6.45) is 0. The molecule has 0 saturated carbocycles. The number of halogens is 1. The average molecular weight is 473 g/mol. The Bertz CT molecular complexity index is 1390. The predicted octanol–water partition coefficient (Wildman–Crippen LogP) is 5.78. The maximum absolute atomic E-state index is 13.8. The molecule has 4 aromatic carbocycles. The van der Waals surface area contributed by atoms with E-state index in [-0.39, 0.29) is 29.3 Å². The Kier molecular flexibility index (Phi) is 6.85. The van der Waals surface area contributed by atoms with Crippen molar-refractivity contribution in [3.05, 3.63) is 122 Å². The Hall–Kier alpha value is -3.77. The normalized spacial score (nSPS) is 13.4. The lowest BCUT2D eigenvalue weighted by Crippen LogP contribution is -2.39. The van der Waals surface area contributed by atoms with Gasteiger partial charge < -0.3 is 10.1 Å². The van der Waals surface area contributed by atoms with Crippen LogP contribution in [0.5, 0.6) is 5.75 Å². The van der Waals surface area contributed by atoms with E-state index >= 15 is 0 Å². The first kappa shape index (κ1) is 24.4. The topological polar surface area (TPSA) is 67.4 Å². The Balaban J connectivity index is 1.65. The summed E-state index contributed by atoms with van der Waals surface area (Å²) in [6.45, 7) is 7.46. The lowest BCUT2D eigenvalue weighted by molar-refractivity contribution is 0.128. The van der Waals surface area contributed by atoms with Crippen molar-refractivity contribution in [1.82, 2.24) is 5.32 Å². The lowest BCUT2D eigenvalue weighted by atomic mass is 9.96. The van der Waals surface area contributed by atoms with E-state index in [4.69, 9.17) is 4.74 Å². The van der Waals surface area contributed by atoms with Crippen molar-refractivity contribution in [2.45, 2.75) is 45.4 Å². The van der Waals surface area contributed by atoms with Gasteiger partial charge in [-0.05, 0) is 68.7 Å². The third kappa shape index (κ3) is 5.66. The number of nitrogens with one attached hydrogen (secondary N) is 2. The van der Waals surface area contributed by atoms with Gasteiger partial charge in [-0.1, -0.05) is 54.6 Å². The van der Waals surface area contributed by atoms with Crippen molar-refractivity contribution < 1.29 is 9.13 Å². The van der Waals surface area contributed by atoms with Crippen LogP contribution in [0, 0.1) is 5.82 Å². The molecule has 1 unspecified atom stereocenters. The highest BCUT2D eigenvalue weighted by atomic mass is 19.1. The molecule has 0 aliphatic rings. The molecule has 2 atom stereocenters. The van der Waals surface area contributed by atoms with Crippen LogP contribution >= 0.6 is 0 Å². The largest absolute Gasteiger partial charge is 0.482 e. The van der Waals surface area contributed by atoms with Gasteiger partial charge in [0.05, 0.1) is 6.04 Å². The zero-order chi connectivity index (χ0) is 25.2. The van der Waals surface area contributed by atoms with Crippen molar-refractivity contribution in [3.8, 4) is 5.75 Å². The summed E-state index contributed by atoms with van der Waals surface area (Å²) in [5.41, 5.74) is 1.84. The molecule has 180 valence electrons. The van der Waals surface area contributed by atoms with Gasteiger partial charge in [0.25, 0.3) is 10.9 Å². The zero-order valence-electron chi connectivity index (χ0n) is 20.3. The van der Waals surface area contributed by atoms with Gasteiger partial charge in [-0.25, -0.2) is 4.39 Å². The second-order valence-electron chi connectivity index (χ2n) is 9.61. The van der Waals surface area contributed by atoms with E-state index in [1.165, 1.54) is 12.1 Å². The van der Waals surface area contributed by atoms with Crippen molar-refractivity contribution in [1.29, 1.82) is 0 Å². The van der Waals surface area contributed by atoms with Crippen LogP contribution in [0.15, 0.2) is 88.5 Å². The van der Waals surface area contributed by atoms with Crippen LogP contribution in [0.1, 0.15) is 56.5 Å². The molecule has 2 N–H and O–H groups in total. The van der Waals surface area contributed by atoms with Crippen LogP contribution in [0.4, 0.5) is 15.8 Å². The monoisotopic (exact) mass is 472 g/mol. The standard InChI is InChI=1S/C29H29FN2O3/c1-18(20-12-8-14-22(30)16-20)31-24(19-10-6-5-7-11-19)21-13-9-15-23(17-21)32-25-26(33)27(34)28(25)35-29(2,3)4/h5-18,24,31-32H,1-4H3/t18-,24?/m1/s1. The highest BCUT2D eigenvalue weighted by molar-refractivity contribution is 5.70. The molecule has 0 amide bonds. The smallest absolute Gasteiger partial charge is 0.272 e. The summed E-state index contributed by atoms with van der Waals surface area (Å²) < 4.78 is 19.5. The SMILES string of the molecule is C[C@@H](NC(c1ccccc1)c1cccc(Nc2c(OC(C)(C)C)c(=O)c2=O)c1)c1cccc(F)c1. The molecule has 0 bridgehead atoms. The molecule has 0 spiro atoms. The van der Waals surface area contributed by atoms with Crippen molar-refractivity contribution in [2.24, 2.45) is 0 Å². The van der Waals surface area contributed by atoms with Gasteiger partial charge in [0.2, 0.25) is 0 Å². The predicted molar refractivity (Wildman–Crippen MR) is 138 cm³/mol. The molecule has 0 radical (unpaired) electrons. The second kappa shape index (κ2) is 9.84. The molecule has 0 aliphatic heterocycles. The van der Waals surface area contributed by atoms with Crippen LogP contribution < -0.4 is 26.2 Å². The second-order valence-corrected chi connectivity index (χ2v) is 9.61. The minimum atomic E-state index is -0.619. The summed E-state index contributed by atoms with van der Waals surface area (Å²) in [5.74, 6) is -0.217. The van der Waals surface area contributed by atoms with Gasteiger partial charge in [-0.3, -0.25) is 14.9 Å². The first-order chi connectivity index (χ1) is 16.6. The van der Waals surface area contributed by atoms with Crippen LogP contribution in [-0.2, 0) is 0 Å². The van der Waals surface area contributed by atoms with Gasteiger partial charge in [0, 0.05) is 11.7 Å². The number of hydrogen-bond acceptors (Lipinski definition) is 5. The van der Waals surface area contributed by atoms with Gasteiger partial charge >= 0.3 is 0 Å². The Morgan fingerprint density at radius 1 is 0.800 bits per heavy atom. The van der Waals surface area contributed by atoms with Crippen LogP contribution in [0.2, 0.25) is 0 Å². The molecule has 35 heavy (non-hydrogen) atoms. The minimum absolute atomic E-state index is 0.0605. The molecular weight excluding hydrogens is 443 g/mol. The van der Waals surface area contributed by atoms with Crippen LogP contribution in [0.25, 0.3) is 0 Å². The van der Waals surface area contributed by atoms with Crippen LogP contribution in [-0.4, -0.2) is 5.60 Å². The molecule has 5 nitrogen and oxygen atoms in total. The van der Waals surface area contributed by atoms with E-state index < -0.39 is 16.5 Å². The fourth-order valence-corrected chi connectivity index (χ4v) is 3.98. The fraction of sp³-hybridized carbons (Fsp3) is 0.241. The molecule has 4 aromatic rings. The molecule has 0 saturated heterocycles. The van der Waals surface area contributed by atoms with Crippen molar-refractivity contribution >= 4 is 11.4 Å². The first-order valence-corrected chi connectivity index (χ1v) is 11.6. The van der Waals surface area contributed by atoms with Crippen molar-refractivity contribution in [3.63, 3.8) is 0 Å². The lowest BCUT2D eigenvalue weighted by Gasteiger charge is -2.26. The van der Waals surface area contributed by atoms with E-state index in [2.05, 4.69) is 10.6 Å². The Morgan fingerprint density at radius 3 is 2.14 bits per heavy atom. The summed E-state index contributed by atoms with van der Waals surface area (Å²) in [6, 6.07) is 23.8. The maximum Gasteiger partial charge on any atom is 0.272 e. The Labute approximate surface area is 204 Å². The Morgan fingerprint density at radius 2 is 1.46 bits per heavy atom. The highest BCUT2D eigenvalue weighted by Gasteiger charge is 2.27. The summed E-state index contributed by atoms with van der Waals surface area (Å²) in [7, 11) is 0. The fourth-order valence-electron chi connectivity index (χ4n) is 3.98. The number of ether oxygens (including phenoxy) is 1. The van der Waals surface area contributed by atoms with E-state index in [9.17, 15) is 14.0 Å². The van der Waals surface area contributed by atoms with Crippen LogP contribution in [0.3, 0.4) is 0 Å². The molecule has 0 aliphatic carbocycles. The highest BCUT2D eigenvalue weighted by Crippen LogP contribution is 2.30. The van der Waals surface area contributed by atoms with Crippen molar-refractivity contribution in [2.75, 3.05) is 5.32 Å². The third-order valence-electron chi connectivity index (χ3n) is 5.66. The third-order valence-corrected chi connectivity index (χ3v) is 5.66. The number of rotatable bonds is 8. The number of anilines is 2. The first-order valence-electron chi connectivity index (χ1n) is 11.6. The minimum Gasteiger partial charge on any atom is -0.482 e. The number of benzene rings is 3. The molecule has 0 aromatic heterocycles. The zero-order valence-corrected chi connectivity index (χ0v) is 20.3. The molecule has 4 rings (SSSR count). The summed E-state index contributed by atoms with van der Waals surface area (Å²) >= 11 is 0. The van der Waals surface area contributed by atoms with E-state index in [1.807, 2.05) is 88.4 Å². The molecule has 0 fully saturated rings. The van der Waals surface area contributed by atoms with E-state index in [0.29, 0.717) is 5.69 Å². The van der Waals surface area contributed by atoms with E-state index in [1.54, 1.807) is 6.07 Å².